The number of aromatic nitrogens is 4. The lowest BCUT2D eigenvalue weighted by atomic mass is 10.1. The van der Waals surface area contributed by atoms with Gasteiger partial charge in [-0.05, 0) is 24.4 Å². The van der Waals surface area contributed by atoms with Crippen LogP contribution in [0.15, 0.2) is 40.4 Å². The Bertz CT molecular complexity index is 1030. The Hall–Kier alpha value is -3.00. The van der Waals surface area contributed by atoms with Gasteiger partial charge in [-0.25, -0.2) is 4.98 Å². The van der Waals surface area contributed by atoms with Crippen LogP contribution in [-0.2, 0) is 11.2 Å². The number of amides is 1. The summed E-state index contributed by atoms with van der Waals surface area (Å²) in [5.41, 5.74) is 2.77. The van der Waals surface area contributed by atoms with Crippen molar-refractivity contribution in [2.24, 2.45) is 0 Å². The molecule has 4 rings (SSSR count). The molecule has 1 aromatic carbocycles. The second kappa shape index (κ2) is 6.48. The number of benzene rings is 1. The van der Waals surface area contributed by atoms with E-state index in [0.717, 1.165) is 22.2 Å². The van der Waals surface area contributed by atoms with Gasteiger partial charge in [-0.15, -0.1) is 11.3 Å². The molecule has 0 aliphatic heterocycles. The summed E-state index contributed by atoms with van der Waals surface area (Å²) in [5, 5.41) is 10.4. The Morgan fingerprint density at radius 2 is 2.24 bits per heavy atom. The lowest BCUT2D eigenvalue weighted by Gasteiger charge is -1.98. The minimum absolute atomic E-state index is 0.123. The number of aromatic amines is 1. The molecule has 7 nitrogen and oxygen atoms in total. The number of H-pyrrole nitrogens is 1. The summed E-state index contributed by atoms with van der Waals surface area (Å²) in [6, 6.07) is 7.92. The van der Waals surface area contributed by atoms with Crippen LogP contribution in [0.4, 0.5) is 5.13 Å². The largest absolute Gasteiger partial charge is 0.361 e. The molecule has 0 atom stereocenters. The third-order valence-electron chi connectivity index (χ3n) is 3.71. The van der Waals surface area contributed by atoms with Crippen molar-refractivity contribution in [2.45, 2.75) is 19.8 Å². The average molecular weight is 353 g/mol. The number of aryl methyl sites for hydroxylation is 2. The maximum atomic E-state index is 12.0. The van der Waals surface area contributed by atoms with Gasteiger partial charge < -0.3 is 14.8 Å². The van der Waals surface area contributed by atoms with E-state index in [0.29, 0.717) is 23.3 Å². The first-order valence-electron chi connectivity index (χ1n) is 7.79. The van der Waals surface area contributed by atoms with Crippen LogP contribution in [0.2, 0.25) is 0 Å². The van der Waals surface area contributed by atoms with Crippen LogP contribution in [-0.4, -0.2) is 26.0 Å². The Morgan fingerprint density at radius 3 is 3.08 bits per heavy atom. The van der Waals surface area contributed by atoms with Crippen LogP contribution in [0.3, 0.4) is 0 Å². The second-order valence-corrected chi connectivity index (χ2v) is 6.49. The third kappa shape index (κ3) is 3.43. The van der Waals surface area contributed by atoms with Crippen molar-refractivity contribution >= 4 is 33.3 Å². The standard InChI is InChI=1S/C17H15N5O2S/c1-10-9-25-17(19-10)20-14(23)4-5-15-21-16(22-24-15)12-3-2-11-6-7-18-13(11)8-12/h2-3,6-9,18H,4-5H2,1H3,(H,19,20,23). The first-order chi connectivity index (χ1) is 12.2. The van der Waals surface area contributed by atoms with Crippen molar-refractivity contribution < 1.29 is 9.32 Å². The highest BCUT2D eigenvalue weighted by Gasteiger charge is 2.12. The van der Waals surface area contributed by atoms with E-state index in [-0.39, 0.29) is 12.3 Å². The molecule has 3 aromatic heterocycles. The van der Waals surface area contributed by atoms with E-state index in [1.54, 1.807) is 0 Å². The van der Waals surface area contributed by atoms with Crippen LogP contribution < -0.4 is 5.32 Å². The number of carbonyl (C=O) groups is 1. The molecular formula is C17H15N5O2S. The number of anilines is 1. The van der Waals surface area contributed by atoms with E-state index < -0.39 is 0 Å². The summed E-state index contributed by atoms with van der Waals surface area (Å²) >= 11 is 1.41. The fraction of sp³-hybridized carbons (Fsp3) is 0.176. The van der Waals surface area contributed by atoms with Gasteiger partial charge in [-0.1, -0.05) is 17.3 Å². The van der Waals surface area contributed by atoms with Crippen molar-refractivity contribution in [3.63, 3.8) is 0 Å². The fourth-order valence-electron chi connectivity index (χ4n) is 2.47. The Morgan fingerprint density at radius 1 is 1.32 bits per heavy atom. The van der Waals surface area contributed by atoms with Crippen LogP contribution >= 0.6 is 11.3 Å². The zero-order valence-corrected chi connectivity index (χ0v) is 14.3. The van der Waals surface area contributed by atoms with Crippen molar-refractivity contribution in [1.29, 1.82) is 0 Å². The van der Waals surface area contributed by atoms with E-state index in [2.05, 4.69) is 25.4 Å². The molecule has 0 aliphatic carbocycles. The minimum Gasteiger partial charge on any atom is -0.361 e. The summed E-state index contributed by atoms with van der Waals surface area (Å²) in [5.74, 6) is 0.830. The molecule has 0 unspecified atom stereocenters. The first-order valence-corrected chi connectivity index (χ1v) is 8.67. The van der Waals surface area contributed by atoms with Gasteiger partial charge in [0, 0.05) is 35.5 Å². The number of hydrogen-bond donors (Lipinski definition) is 2. The van der Waals surface area contributed by atoms with Gasteiger partial charge >= 0.3 is 0 Å². The highest BCUT2D eigenvalue weighted by atomic mass is 32.1. The van der Waals surface area contributed by atoms with E-state index in [1.807, 2.05) is 42.8 Å². The monoisotopic (exact) mass is 353 g/mol. The third-order valence-corrected chi connectivity index (χ3v) is 4.59. The van der Waals surface area contributed by atoms with E-state index >= 15 is 0 Å². The second-order valence-electron chi connectivity index (χ2n) is 5.63. The van der Waals surface area contributed by atoms with Gasteiger partial charge in [0.1, 0.15) is 0 Å². The average Bonchev–Trinajstić information content (AvgIpc) is 3.32. The zero-order chi connectivity index (χ0) is 17.2. The lowest BCUT2D eigenvalue weighted by Crippen LogP contribution is -2.12. The van der Waals surface area contributed by atoms with Crippen molar-refractivity contribution in [3.05, 3.63) is 47.4 Å². The minimum atomic E-state index is -0.123. The SMILES string of the molecule is Cc1csc(NC(=O)CCc2nc(-c3ccc4cc[nH]c4c3)no2)n1. The highest BCUT2D eigenvalue weighted by Crippen LogP contribution is 2.22. The number of carbonyl (C=O) groups excluding carboxylic acids is 1. The molecule has 25 heavy (non-hydrogen) atoms. The number of nitrogens with zero attached hydrogens (tertiary/aromatic N) is 3. The maximum absolute atomic E-state index is 12.0. The number of thiazole rings is 1. The Labute approximate surface area is 147 Å². The Kier molecular flexibility index (Phi) is 4.02. The fourth-order valence-corrected chi connectivity index (χ4v) is 3.18. The molecule has 1 amide bonds. The summed E-state index contributed by atoms with van der Waals surface area (Å²) < 4.78 is 5.25. The molecule has 0 saturated carbocycles. The van der Waals surface area contributed by atoms with Crippen LogP contribution in [0.25, 0.3) is 22.3 Å². The van der Waals surface area contributed by atoms with Gasteiger partial charge in [-0.2, -0.15) is 4.98 Å². The molecule has 3 heterocycles. The van der Waals surface area contributed by atoms with E-state index in [1.165, 1.54) is 11.3 Å². The topological polar surface area (TPSA) is 96.7 Å². The summed E-state index contributed by atoms with van der Waals surface area (Å²) in [4.78, 5) is 23.7. The van der Waals surface area contributed by atoms with Crippen LogP contribution in [0.1, 0.15) is 18.0 Å². The predicted molar refractivity (Wildman–Crippen MR) is 95.4 cm³/mol. The highest BCUT2D eigenvalue weighted by molar-refractivity contribution is 7.13. The Balaban J connectivity index is 1.40. The van der Waals surface area contributed by atoms with Gasteiger partial charge in [0.25, 0.3) is 0 Å². The van der Waals surface area contributed by atoms with Gasteiger partial charge in [-0.3, -0.25) is 4.79 Å². The molecule has 2 N–H and O–H groups in total. The number of fused-ring (bicyclic) bond motifs is 1. The molecule has 0 radical (unpaired) electrons. The summed E-state index contributed by atoms with van der Waals surface area (Å²) in [6.45, 7) is 1.89. The van der Waals surface area contributed by atoms with Gasteiger partial charge in [0.05, 0.1) is 5.69 Å². The van der Waals surface area contributed by atoms with E-state index in [4.69, 9.17) is 4.52 Å². The molecule has 0 aliphatic rings. The molecule has 0 fully saturated rings. The van der Waals surface area contributed by atoms with Crippen molar-refractivity contribution in [1.82, 2.24) is 20.1 Å². The molecule has 8 heteroatoms. The zero-order valence-electron chi connectivity index (χ0n) is 13.4. The first kappa shape index (κ1) is 15.5. The normalized spacial score (nSPS) is 11.1. The molecule has 0 spiro atoms. The number of nitrogens with one attached hydrogen (secondary N) is 2. The molecule has 4 aromatic rings. The van der Waals surface area contributed by atoms with Crippen LogP contribution in [0, 0.1) is 6.92 Å². The molecule has 0 saturated heterocycles. The van der Waals surface area contributed by atoms with Crippen LogP contribution in [0.5, 0.6) is 0 Å². The quantitative estimate of drug-likeness (QED) is 0.572. The van der Waals surface area contributed by atoms with Gasteiger partial charge in [0.15, 0.2) is 5.13 Å². The number of hydrogen-bond acceptors (Lipinski definition) is 6. The predicted octanol–water partition coefficient (Wildman–Crippen LogP) is 3.55. The smallest absolute Gasteiger partial charge is 0.227 e. The summed E-state index contributed by atoms with van der Waals surface area (Å²) in [7, 11) is 0. The van der Waals surface area contributed by atoms with Gasteiger partial charge in [0.2, 0.25) is 17.6 Å². The van der Waals surface area contributed by atoms with E-state index in [9.17, 15) is 4.79 Å². The van der Waals surface area contributed by atoms with Crippen molar-refractivity contribution in [3.8, 4) is 11.4 Å². The number of rotatable bonds is 5. The summed E-state index contributed by atoms with van der Waals surface area (Å²) in [6.07, 6.45) is 2.53. The van der Waals surface area contributed by atoms with Crippen molar-refractivity contribution in [2.75, 3.05) is 5.32 Å². The molecule has 126 valence electrons. The molecular weight excluding hydrogens is 338 g/mol. The molecule has 0 bridgehead atoms. The lowest BCUT2D eigenvalue weighted by molar-refractivity contribution is -0.116. The maximum Gasteiger partial charge on any atom is 0.227 e.